The Morgan fingerprint density at radius 1 is 1.04 bits per heavy atom. The quantitative estimate of drug-likeness (QED) is 0.896. The van der Waals surface area contributed by atoms with Gasteiger partial charge in [0.1, 0.15) is 6.04 Å². The smallest absolute Gasteiger partial charge is 0.253 e. The minimum Gasteiger partial charge on any atom is -0.344 e. The van der Waals surface area contributed by atoms with E-state index in [0.29, 0.717) is 50.5 Å². The summed E-state index contributed by atoms with van der Waals surface area (Å²) in [5.74, 6) is 0.378. The lowest BCUT2D eigenvalue weighted by Crippen LogP contribution is -2.46. The monoisotopic (exact) mass is 357 g/mol. The van der Waals surface area contributed by atoms with Crippen LogP contribution in [-0.4, -0.2) is 59.7 Å². The summed E-state index contributed by atoms with van der Waals surface area (Å²) in [6.45, 7) is 6.57. The Bertz CT molecular complexity index is 684. The Morgan fingerprint density at radius 3 is 2.31 bits per heavy atom. The van der Waals surface area contributed by atoms with Gasteiger partial charge in [0.05, 0.1) is 0 Å². The van der Waals surface area contributed by atoms with Crippen LogP contribution in [0.4, 0.5) is 0 Å². The van der Waals surface area contributed by atoms with E-state index in [1.165, 1.54) is 5.56 Å². The fraction of sp³-hybridized carbons (Fsp3) is 0.550. The molecule has 0 spiro atoms. The van der Waals surface area contributed by atoms with Crippen LogP contribution in [0.1, 0.15) is 54.9 Å². The summed E-state index contributed by atoms with van der Waals surface area (Å²) in [7, 11) is 0. The molecule has 2 fully saturated rings. The topological polar surface area (TPSA) is 69.7 Å². The van der Waals surface area contributed by atoms with E-state index < -0.39 is 6.04 Å². The van der Waals surface area contributed by atoms with Gasteiger partial charge in [0.15, 0.2) is 0 Å². The molecule has 0 saturated carbocycles. The van der Waals surface area contributed by atoms with Crippen LogP contribution in [0, 0.1) is 0 Å². The summed E-state index contributed by atoms with van der Waals surface area (Å²) in [5, 5.41) is 2.73. The van der Waals surface area contributed by atoms with Crippen molar-refractivity contribution in [3.63, 3.8) is 0 Å². The van der Waals surface area contributed by atoms with Gasteiger partial charge in [-0.1, -0.05) is 26.0 Å². The minimum atomic E-state index is -0.395. The molecule has 1 aromatic rings. The van der Waals surface area contributed by atoms with Crippen molar-refractivity contribution in [1.29, 1.82) is 0 Å². The van der Waals surface area contributed by atoms with Gasteiger partial charge in [-0.15, -0.1) is 0 Å². The first-order chi connectivity index (χ1) is 12.5. The zero-order valence-electron chi connectivity index (χ0n) is 15.5. The van der Waals surface area contributed by atoms with E-state index in [9.17, 15) is 14.4 Å². The number of carbonyl (C=O) groups is 3. The van der Waals surface area contributed by atoms with E-state index in [-0.39, 0.29) is 17.7 Å². The molecule has 0 aromatic heterocycles. The highest BCUT2D eigenvalue weighted by atomic mass is 16.2. The maximum atomic E-state index is 12.8. The van der Waals surface area contributed by atoms with E-state index in [2.05, 4.69) is 19.2 Å². The van der Waals surface area contributed by atoms with Gasteiger partial charge in [0.25, 0.3) is 5.91 Å². The normalized spacial score (nSPS) is 20.9. The van der Waals surface area contributed by atoms with Crippen LogP contribution in [-0.2, 0) is 9.59 Å². The molecule has 2 aliphatic rings. The van der Waals surface area contributed by atoms with Crippen LogP contribution in [0.5, 0.6) is 0 Å². The van der Waals surface area contributed by atoms with Gasteiger partial charge >= 0.3 is 0 Å². The number of nitrogens with one attached hydrogen (secondary N) is 1. The van der Waals surface area contributed by atoms with Crippen LogP contribution >= 0.6 is 0 Å². The van der Waals surface area contributed by atoms with E-state index in [1.807, 2.05) is 29.2 Å². The van der Waals surface area contributed by atoms with Crippen molar-refractivity contribution in [2.75, 3.05) is 26.2 Å². The molecule has 0 radical (unpaired) electrons. The summed E-state index contributed by atoms with van der Waals surface area (Å²) in [6.07, 6.45) is 1.74. The Balaban J connectivity index is 1.60. The third-order valence-corrected chi connectivity index (χ3v) is 5.21. The molecule has 140 valence electrons. The van der Waals surface area contributed by atoms with Crippen molar-refractivity contribution in [2.24, 2.45) is 0 Å². The van der Waals surface area contributed by atoms with E-state index >= 15 is 0 Å². The second kappa shape index (κ2) is 7.89. The Kier molecular flexibility index (Phi) is 5.59. The molecule has 26 heavy (non-hydrogen) atoms. The summed E-state index contributed by atoms with van der Waals surface area (Å²) >= 11 is 0. The van der Waals surface area contributed by atoms with E-state index in [4.69, 9.17) is 0 Å². The van der Waals surface area contributed by atoms with Gasteiger partial charge in [-0.05, 0) is 36.5 Å². The predicted molar refractivity (Wildman–Crippen MR) is 98.8 cm³/mol. The van der Waals surface area contributed by atoms with Gasteiger partial charge in [-0.2, -0.15) is 0 Å². The van der Waals surface area contributed by atoms with Crippen LogP contribution in [0.25, 0.3) is 0 Å². The zero-order chi connectivity index (χ0) is 18.7. The largest absolute Gasteiger partial charge is 0.344 e. The van der Waals surface area contributed by atoms with Crippen molar-refractivity contribution in [1.82, 2.24) is 15.1 Å². The van der Waals surface area contributed by atoms with Crippen molar-refractivity contribution in [3.8, 4) is 0 Å². The fourth-order valence-corrected chi connectivity index (χ4v) is 3.55. The molecule has 1 unspecified atom stereocenters. The SMILES string of the molecule is CC(C)c1ccc(C(=O)N2CCCN(C(=O)C3CCC(=O)N3)CC2)cc1. The maximum absolute atomic E-state index is 12.8. The average molecular weight is 357 g/mol. The molecule has 2 aliphatic heterocycles. The molecule has 6 heteroatoms. The second-order valence-electron chi connectivity index (χ2n) is 7.41. The van der Waals surface area contributed by atoms with Gasteiger partial charge in [-0.3, -0.25) is 14.4 Å². The van der Waals surface area contributed by atoms with Gasteiger partial charge < -0.3 is 15.1 Å². The summed E-state index contributed by atoms with van der Waals surface area (Å²) in [4.78, 5) is 40.3. The molecule has 1 atom stereocenters. The van der Waals surface area contributed by atoms with Crippen molar-refractivity contribution in [3.05, 3.63) is 35.4 Å². The molecule has 1 aromatic carbocycles. The molecular weight excluding hydrogens is 330 g/mol. The van der Waals surface area contributed by atoms with Gasteiger partial charge in [0, 0.05) is 38.2 Å². The third-order valence-electron chi connectivity index (χ3n) is 5.21. The van der Waals surface area contributed by atoms with Crippen LogP contribution in [0.3, 0.4) is 0 Å². The summed E-state index contributed by atoms with van der Waals surface area (Å²) in [6, 6.07) is 7.40. The lowest BCUT2D eigenvalue weighted by molar-refractivity contribution is -0.134. The van der Waals surface area contributed by atoms with Crippen molar-refractivity contribution < 1.29 is 14.4 Å². The first-order valence-electron chi connectivity index (χ1n) is 9.43. The maximum Gasteiger partial charge on any atom is 0.253 e. The standard InChI is InChI=1S/C20H27N3O3/c1-14(2)15-4-6-16(7-5-15)19(25)22-10-3-11-23(13-12-22)20(26)17-8-9-18(24)21-17/h4-7,14,17H,3,8-13H2,1-2H3,(H,21,24). The predicted octanol–water partition coefficient (Wildman–Crippen LogP) is 1.76. The molecule has 2 heterocycles. The van der Waals surface area contributed by atoms with Gasteiger partial charge in [-0.25, -0.2) is 0 Å². The molecule has 0 aliphatic carbocycles. The highest BCUT2D eigenvalue weighted by molar-refractivity contribution is 5.94. The van der Waals surface area contributed by atoms with E-state index in [1.54, 1.807) is 4.90 Å². The van der Waals surface area contributed by atoms with Gasteiger partial charge in [0.2, 0.25) is 11.8 Å². The van der Waals surface area contributed by atoms with E-state index in [0.717, 1.165) is 6.42 Å². The van der Waals surface area contributed by atoms with Crippen LogP contribution in [0.15, 0.2) is 24.3 Å². The minimum absolute atomic E-state index is 0.0174. The Morgan fingerprint density at radius 2 is 1.69 bits per heavy atom. The molecule has 6 nitrogen and oxygen atoms in total. The molecule has 3 amide bonds. The number of nitrogens with zero attached hydrogens (tertiary/aromatic N) is 2. The number of benzene rings is 1. The highest BCUT2D eigenvalue weighted by Crippen LogP contribution is 2.17. The summed E-state index contributed by atoms with van der Waals surface area (Å²) < 4.78 is 0. The first-order valence-corrected chi connectivity index (χ1v) is 9.43. The number of carbonyl (C=O) groups excluding carboxylic acids is 3. The second-order valence-corrected chi connectivity index (χ2v) is 7.41. The number of hydrogen-bond donors (Lipinski definition) is 1. The lowest BCUT2D eigenvalue weighted by atomic mass is 10.0. The van der Waals surface area contributed by atoms with Crippen molar-refractivity contribution >= 4 is 17.7 Å². The Labute approximate surface area is 154 Å². The molecule has 3 rings (SSSR count). The molecule has 0 bridgehead atoms. The van der Waals surface area contributed by atoms with Crippen molar-refractivity contribution in [2.45, 2.75) is 45.1 Å². The number of hydrogen-bond acceptors (Lipinski definition) is 3. The molecule has 1 N–H and O–H groups in total. The fourth-order valence-electron chi connectivity index (χ4n) is 3.55. The summed E-state index contributed by atoms with van der Waals surface area (Å²) in [5.41, 5.74) is 1.91. The number of amides is 3. The lowest BCUT2D eigenvalue weighted by Gasteiger charge is -2.24. The molecular formula is C20H27N3O3. The zero-order valence-corrected chi connectivity index (χ0v) is 15.5. The first kappa shape index (κ1) is 18.4. The third kappa shape index (κ3) is 4.06. The molecule has 2 saturated heterocycles. The van der Waals surface area contributed by atoms with Crippen LogP contribution in [0.2, 0.25) is 0 Å². The highest BCUT2D eigenvalue weighted by Gasteiger charge is 2.32. The number of rotatable bonds is 3. The van der Waals surface area contributed by atoms with Crippen LogP contribution < -0.4 is 5.32 Å². The Hall–Kier alpha value is -2.37. The average Bonchev–Trinajstić information content (AvgIpc) is 2.93.